The molecule has 4 aromatic rings. The monoisotopic (exact) mass is 442 g/mol. The zero-order valence-corrected chi connectivity index (χ0v) is 17.5. The fourth-order valence-electron chi connectivity index (χ4n) is 4.30. The number of anilines is 1. The van der Waals surface area contributed by atoms with Gasteiger partial charge in [-0.3, -0.25) is 0 Å². The van der Waals surface area contributed by atoms with Gasteiger partial charge in [-0.25, -0.2) is 9.78 Å². The second-order valence-corrected chi connectivity index (χ2v) is 8.35. The molecule has 5 rings (SSSR count). The quantitative estimate of drug-likeness (QED) is 0.469. The molecule has 0 aliphatic carbocycles. The van der Waals surface area contributed by atoms with E-state index in [-0.39, 0.29) is 16.9 Å². The molecule has 1 aliphatic rings. The van der Waals surface area contributed by atoms with E-state index in [1.54, 1.807) is 6.07 Å². The predicted octanol–water partition coefficient (Wildman–Crippen LogP) is 4.31. The van der Waals surface area contributed by atoms with Crippen molar-refractivity contribution >= 4 is 22.3 Å². The highest BCUT2D eigenvalue weighted by molar-refractivity contribution is 5.84. The summed E-state index contributed by atoms with van der Waals surface area (Å²) in [6.45, 7) is 5.95. The van der Waals surface area contributed by atoms with Crippen LogP contribution in [-0.4, -0.2) is 34.6 Å². The van der Waals surface area contributed by atoms with Gasteiger partial charge in [-0.15, -0.1) is 0 Å². The van der Waals surface area contributed by atoms with Crippen LogP contribution in [0.5, 0.6) is 0 Å². The van der Waals surface area contributed by atoms with Gasteiger partial charge in [0.2, 0.25) is 0 Å². The summed E-state index contributed by atoms with van der Waals surface area (Å²) in [4.78, 5) is 19.2. The maximum atomic E-state index is 13.0. The maximum absolute atomic E-state index is 13.0. The molecule has 0 saturated carbocycles. The van der Waals surface area contributed by atoms with E-state index in [0.29, 0.717) is 23.1 Å². The van der Waals surface area contributed by atoms with E-state index in [2.05, 4.69) is 29.0 Å². The van der Waals surface area contributed by atoms with E-state index < -0.39 is 17.4 Å². The van der Waals surface area contributed by atoms with Gasteiger partial charge in [0, 0.05) is 54.7 Å². The van der Waals surface area contributed by atoms with Crippen LogP contribution < -0.4 is 15.8 Å². The number of fused-ring (bicyclic) bond motifs is 2. The molecular formula is C23H21F3N4O2. The van der Waals surface area contributed by atoms with E-state index in [4.69, 9.17) is 4.42 Å². The Hall–Kier alpha value is -3.33. The molecule has 0 amide bonds. The summed E-state index contributed by atoms with van der Waals surface area (Å²) in [6, 6.07) is 10.00. The average Bonchev–Trinajstić information content (AvgIpc) is 3.14. The first-order valence-corrected chi connectivity index (χ1v) is 10.3. The molecule has 9 heteroatoms. The molecular weight excluding hydrogens is 421 g/mol. The molecule has 1 saturated heterocycles. The number of rotatable bonds is 2. The molecule has 32 heavy (non-hydrogen) atoms. The second-order valence-electron chi connectivity index (χ2n) is 8.35. The zero-order chi connectivity index (χ0) is 22.6. The Bertz CT molecular complexity index is 1370. The summed E-state index contributed by atoms with van der Waals surface area (Å²) >= 11 is 0. The third kappa shape index (κ3) is 3.73. The van der Waals surface area contributed by atoms with Crippen molar-refractivity contribution in [1.29, 1.82) is 0 Å². The lowest BCUT2D eigenvalue weighted by Gasteiger charge is -2.37. The minimum Gasteiger partial charge on any atom is -0.422 e. The third-order valence-corrected chi connectivity index (χ3v) is 5.71. The van der Waals surface area contributed by atoms with Gasteiger partial charge in [-0.2, -0.15) is 13.2 Å². The number of piperazine rings is 1. The number of nitrogens with one attached hydrogen (secondary N) is 1. The fourth-order valence-corrected chi connectivity index (χ4v) is 4.30. The Morgan fingerprint density at radius 2 is 1.84 bits per heavy atom. The largest absolute Gasteiger partial charge is 0.422 e. The van der Waals surface area contributed by atoms with Gasteiger partial charge in [0.05, 0.1) is 16.8 Å². The van der Waals surface area contributed by atoms with E-state index in [1.165, 1.54) is 16.8 Å². The first kappa shape index (κ1) is 20.6. The molecule has 1 fully saturated rings. The maximum Gasteiger partial charge on any atom is 0.416 e. The number of aromatic nitrogens is 2. The van der Waals surface area contributed by atoms with Gasteiger partial charge in [0.15, 0.2) is 0 Å². The molecule has 0 radical (unpaired) electrons. The minimum atomic E-state index is -4.46. The lowest BCUT2D eigenvalue weighted by Crippen LogP contribution is -2.54. The van der Waals surface area contributed by atoms with Crippen molar-refractivity contribution in [2.75, 3.05) is 18.0 Å². The number of alkyl halides is 3. The van der Waals surface area contributed by atoms with Gasteiger partial charge in [0.25, 0.3) is 0 Å². The number of halogens is 3. The minimum absolute atomic E-state index is 0.103. The molecule has 1 aliphatic heterocycles. The van der Waals surface area contributed by atoms with Crippen LogP contribution in [0.15, 0.2) is 58.0 Å². The molecule has 2 unspecified atom stereocenters. The van der Waals surface area contributed by atoms with Gasteiger partial charge < -0.3 is 19.0 Å². The van der Waals surface area contributed by atoms with E-state index >= 15 is 0 Å². The van der Waals surface area contributed by atoms with Gasteiger partial charge in [-0.1, -0.05) is 0 Å². The topological polar surface area (TPSA) is 62.8 Å². The van der Waals surface area contributed by atoms with Crippen LogP contribution in [0.1, 0.15) is 19.4 Å². The van der Waals surface area contributed by atoms with E-state index in [1.807, 2.05) is 18.2 Å². The van der Waals surface area contributed by atoms with E-state index in [0.717, 1.165) is 30.9 Å². The summed E-state index contributed by atoms with van der Waals surface area (Å²) < 4.78 is 46.0. The van der Waals surface area contributed by atoms with Crippen molar-refractivity contribution in [3.63, 3.8) is 0 Å². The number of pyridine rings is 1. The highest BCUT2D eigenvalue weighted by atomic mass is 19.4. The first-order valence-electron chi connectivity index (χ1n) is 10.3. The van der Waals surface area contributed by atoms with Crippen molar-refractivity contribution in [3.05, 3.63) is 64.8 Å². The van der Waals surface area contributed by atoms with Crippen LogP contribution in [0, 0.1) is 0 Å². The lowest BCUT2D eigenvalue weighted by molar-refractivity contribution is -0.137. The third-order valence-electron chi connectivity index (χ3n) is 5.71. The molecule has 3 aromatic heterocycles. The molecule has 1 N–H and O–H groups in total. The van der Waals surface area contributed by atoms with Crippen LogP contribution in [-0.2, 0) is 6.18 Å². The Balaban J connectivity index is 1.53. The van der Waals surface area contributed by atoms with Crippen LogP contribution in [0.4, 0.5) is 18.9 Å². The van der Waals surface area contributed by atoms with Crippen molar-refractivity contribution < 1.29 is 17.6 Å². The second kappa shape index (κ2) is 7.37. The summed E-state index contributed by atoms with van der Waals surface area (Å²) in [5.74, 6) is 0. The highest BCUT2D eigenvalue weighted by Crippen LogP contribution is 2.31. The molecule has 2 atom stereocenters. The Morgan fingerprint density at radius 1 is 1.09 bits per heavy atom. The summed E-state index contributed by atoms with van der Waals surface area (Å²) in [6.07, 6.45) is -1.67. The Morgan fingerprint density at radius 3 is 2.56 bits per heavy atom. The smallest absolute Gasteiger partial charge is 0.416 e. The molecule has 4 heterocycles. The first-order chi connectivity index (χ1) is 15.2. The summed E-state index contributed by atoms with van der Waals surface area (Å²) in [5.41, 5.74) is 0.611. The van der Waals surface area contributed by atoms with Gasteiger partial charge in [0.1, 0.15) is 11.2 Å². The standard InChI is InChI=1S/C23H21F3N4O2/c1-13-10-30(11-14(2)27-13)17-4-3-15-7-18(22(31)32-20(15)9-17)19-12-29-6-5-16(23(24,25)26)8-21(29)28-19/h3-9,12-14,27H,10-11H2,1-2H3. The van der Waals surface area contributed by atoms with Crippen molar-refractivity contribution in [3.8, 4) is 11.3 Å². The number of hydrogen-bond donors (Lipinski definition) is 1. The molecule has 1 aromatic carbocycles. The van der Waals surface area contributed by atoms with Crippen LogP contribution in [0.25, 0.3) is 27.9 Å². The summed E-state index contributed by atoms with van der Waals surface area (Å²) in [7, 11) is 0. The zero-order valence-electron chi connectivity index (χ0n) is 17.5. The van der Waals surface area contributed by atoms with Crippen molar-refractivity contribution in [1.82, 2.24) is 14.7 Å². The van der Waals surface area contributed by atoms with Gasteiger partial charge in [-0.05, 0) is 44.2 Å². The molecule has 166 valence electrons. The molecule has 0 spiro atoms. The average molecular weight is 442 g/mol. The number of hydrogen-bond acceptors (Lipinski definition) is 5. The van der Waals surface area contributed by atoms with Crippen LogP contribution >= 0.6 is 0 Å². The molecule has 6 nitrogen and oxygen atoms in total. The normalized spacial score (nSPS) is 19.7. The summed E-state index contributed by atoms with van der Waals surface area (Å²) in [5, 5.41) is 4.20. The fraction of sp³-hybridized carbons (Fsp3) is 0.304. The van der Waals surface area contributed by atoms with Crippen molar-refractivity contribution in [2.24, 2.45) is 0 Å². The Labute approximate surface area is 181 Å². The SMILES string of the molecule is CC1CN(c2ccc3cc(-c4cn5ccc(C(F)(F)F)cc5n4)c(=O)oc3c2)CC(C)N1. The number of benzene rings is 1. The lowest BCUT2D eigenvalue weighted by atomic mass is 10.1. The van der Waals surface area contributed by atoms with Crippen molar-refractivity contribution in [2.45, 2.75) is 32.1 Å². The predicted molar refractivity (Wildman–Crippen MR) is 116 cm³/mol. The molecule has 0 bridgehead atoms. The highest BCUT2D eigenvalue weighted by Gasteiger charge is 2.31. The Kier molecular flexibility index (Phi) is 4.74. The van der Waals surface area contributed by atoms with Crippen LogP contribution in [0.3, 0.4) is 0 Å². The number of imidazole rings is 1. The number of nitrogens with zero attached hydrogens (tertiary/aromatic N) is 3. The van der Waals surface area contributed by atoms with Crippen LogP contribution in [0.2, 0.25) is 0 Å². The van der Waals surface area contributed by atoms with Gasteiger partial charge >= 0.3 is 11.8 Å². The van der Waals surface area contributed by atoms with E-state index in [9.17, 15) is 18.0 Å².